The molecule has 1 aromatic carbocycles. The van der Waals surface area contributed by atoms with Crippen molar-refractivity contribution >= 4 is 34.4 Å². The van der Waals surface area contributed by atoms with E-state index in [0.717, 1.165) is 50.2 Å². The molecule has 186 valence electrons. The van der Waals surface area contributed by atoms with Gasteiger partial charge in [-0.3, -0.25) is 4.79 Å². The lowest BCUT2D eigenvalue weighted by Gasteiger charge is -2.32. The number of carbonyl (C=O) groups is 1. The van der Waals surface area contributed by atoms with Crippen LogP contribution < -0.4 is 9.64 Å². The fraction of sp³-hybridized carbons (Fsp3) is 0.500. The SMILES string of the molecule is CC(C)CC(=O)N1CCC(Oc2nc3nc(-c4ccc(N5CCOCC5)cc4)c(Cl)cc3[nH]2)CC1. The molecule has 1 N–H and O–H groups in total. The highest BCUT2D eigenvalue weighted by molar-refractivity contribution is 6.33. The number of morpholine rings is 1. The van der Waals surface area contributed by atoms with Crippen molar-refractivity contribution in [3.8, 4) is 17.3 Å². The third-order valence-corrected chi connectivity index (χ3v) is 6.87. The first-order valence-electron chi connectivity index (χ1n) is 12.4. The molecule has 2 aliphatic heterocycles. The number of imidazole rings is 1. The van der Waals surface area contributed by atoms with Gasteiger partial charge in [0.15, 0.2) is 5.65 Å². The monoisotopic (exact) mass is 497 g/mol. The summed E-state index contributed by atoms with van der Waals surface area (Å²) in [5.74, 6) is 0.602. The Labute approximate surface area is 210 Å². The highest BCUT2D eigenvalue weighted by atomic mass is 35.5. The summed E-state index contributed by atoms with van der Waals surface area (Å²) < 4.78 is 11.6. The number of amides is 1. The smallest absolute Gasteiger partial charge is 0.296 e. The van der Waals surface area contributed by atoms with Crippen LogP contribution in [0.4, 0.5) is 5.69 Å². The Bertz CT molecular complexity index is 1170. The van der Waals surface area contributed by atoms with E-state index in [0.29, 0.717) is 47.8 Å². The Hall–Kier alpha value is -2.84. The lowest BCUT2D eigenvalue weighted by atomic mass is 10.1. The molecule has 0 atom stereocenters. The van der Waals surface area contributed by atoms with E-state index in [4.69, 9.17) is 26.1 Å². The lowest BCUT2D eigenvalue weighted by Crippen LogP contribution is -2.42. The average molecular weight is 498 g/mol. The minimum Gasteiger partial charge on any atom is -0.461 e. The number of rotatable bonds is 6. The van der Waals surface area contributed by atoms with Crippen LogP contribution in [0, 0.1) is 5.92 Å². The molecule has 2 aliphatic rings. The Morgan fingerprint density at radius 1 is 1.14 bits per heavy atom. The van der Waals surface area contributed by atoms with Gasteiger partial charge in [0, 0.05) is 56.7 Å². The maximum Gasteiger partial charge on any atom is 0.296 e. The molecular formula is C26H32ClN5O3. The molecule has 2 fully saturated rings. The Balaban J connectivity index is 1.25. The average Bonchev–Trinajstić information content (AvgIpc) is 3.25. The number of nitrogens with zero attached hydrogens (tertiary/aromatic N) is 4. The first-order valence-corrected chi connectivity index (χ1v) is 12.8. The maximum atomic E-state index is 12.3. The highest BCUT2D eigenvalue weighted by Gasteiger charge is 2.25. The van der Waals surface area contributed by atoms with E-state index in [1.807, 2.05) is 23.1 Å². The van der Waals surface area contributed by atoms with Crippen molar-refractivity contribution in [3.05, 3.63) is 35.4 Å². The quantitative estimate of drug-likeness (QED) is 0.538. The fourth-order valence-electron chi connectivity index (χ4n) is 4.66. The molecule has 8 nitrogen and oxygen atoms in total. The third kappa shape index (κ3) is 5.54. The number of aromatic amines is 1. The summed E-state index contributed by atoms with van der Waals surface area (Å²) in [6.07, 6.45) is 2.19. The van der Waals surface area contributed by atoms with E-state index in [9.17, 15) is 4.79 Å². The second-order valence-corrected chi connectivity index (χ2v) is 10.1. The highest BCUT2D eigenvalue weighted by Crippen LogP contribution is 2.31. The summed E-state index contributed by atoms with van der Waals surface area (Å²) in [5.41, 5.74) is 4.12. The van der Waals surface area contributed by atoms with Crippen LogP contribution in [0.2, 0.25) is 5.02 Å². The number of benzene rings is 1. The summed E-state index contributed by atoms with van der Waals surface area (Å²) in [6, 6.07) is 10.6. The van der Waals surface area contributed by atoms with Gasteiger partial charge in [-0.25, -0.2) is 4.98 Å². The summed E-state index contributed by atoms with van der Waals surface area (Å²) in [6.45, 7) is 8.87. The van der Waals surface area contributed by atoms with Crippen molar-refractivity contribution in [3.63, 3.8) is 0 Å². The molecule has 2 saturated heterocycles. The molecule has 0 bridgehead atoms. The molecule has 0 spiro atoms. The molecule has 0 radical (unpaired) electrons. The molecule has 0 saturated carbocycles. The predicted molar refractivity (Wildman–Crippen MR) is 137 cm³/mol. The normalized spacial score (nSPS) is 17.4. The van der Waals surface area contributed by atoms with Crippen LogP contribution in [0.5, 0.6) is 6.01 Å². The topological polar surface area (TPSA) is 83.6 Å². The first-order chi connectivity index (χ1) is 17.0. The number of fused-ring (bicyclic) bond motifs is 1. The van der Waals surface area contributed by atoms with Crippen LogP contribution in [0.3, 0.4) is 0 Å². The number of piperidine rings is 1. The number of H-pyrrole nitrogens is 1. The molecule has 4 heterocycles. The summed E-state index contributed by atoms with van der Waals surface area (Å²) in [5, 5.41) is 0.559. The van der Waals surface area contributed by atoms with Gasteiger partial charge in [0.25, 0.3) is 6.01 Å². The third-order valence-electron chi connectivity index (χ3n) is 6.58. The number of hydrogen-bond acceptors (Lipinski definition) is 6. The molecule has 2 aromatic heterocycles. The van der Waals surface area contributed by atoms with Crippen LogP contribution in [-0.2, 0) is 9.53 Å². The number of ether oxygens (including phenoxy) is 2. The standard InChI is InChI=1S/C26H32ClN5O3/c1-17(2)15-23(33)32-9-7-20(8-10-32)35-26-28-22-16-21(27)24(29-25(22)30-26)18-3-5-19(6-4-18)31-11-13-34-14-12-31/h3-6,16-17,20H,7-15H2,1-2H3,(H,28,29,30). The zero-order valence-corrected chi connectivity index (χ0v) is 21.1. The summed E-state index contributed by atoms with van der Waals surface area (Å²) in [7, 11) is 0. The van der Waals surface area contributed by atoms with Crippen molar-refractivity contribution in [2.75, 3.05) is 44.3 Å². The minimum absolute atomic E-state index is 0.0151. The van der Waals surface area contributed by atoms with Gasteiger partial charge < -0.3 is 24.3 Å². The zero-order chi connectivity index (χ0) is 24.4. The number of likely N-dealkylation sites (tertiary alicyclic amines) is 1. The van der Waals surface area contributed by atoms with Gasteiger partial charge in [-0.2, -0.15) is 4.98 Å². The largest absolute Gasteiger partial charge is 0.461 e. The van der Waals surface area contributed by atoms with Gasteiger partial charge in [-0.1, -0.05) is 37.6 Å². The first kappa shape index (κ1) is 23.9. The van der Waals surface area contributed by atoms with Crippen molar-refractivity contribution in [1.82, 2.24) is 19.9 Å². The molecule has 0 aliphatic carbocycles. The second kappa shape index (κ2) is 10.4. The second-order valence-electron chi connectivity index (χ2n) is 9.67. The number of nitrogens with one attached hydrogen (secondary N) is 1. The van der Waals surface area contributed by atoms with Crippen LogP contribution in [-0.4, -0.2) is 71.3 Å². The molecule has 1 amide bonds. The Kier molecular flexibility index (Phi) is 7.11. The van der Waals surface area contributed by atoms with Gasteiger partial charge in [0.1, 0.15) is 6.10 Å². The van der Waals surface area contributed by atoms with Crippen LogP contribution in [0.1, 0.15) is 33.1 Å². The van der Waals surface area contributed by atoms with E-state index in [2.05, 4.69) is 40.8 Å². The number of aromatic nitrogens is 3. The van der Waals surface area contributed by atoms with Gasteiger partial charge in [-0.15, -0.1) is 0 Å². The van der Waals surface area contributed by atoms with Crippen molar-refractivity contribution in [2.24, 2.45) is 5.92 Å². The number of pyridine rings is 1. The summed E-state index contributed by atoms with van der Waals surface area (Å²) >= 11 is 6.59. The van der Waals surface area contributed by atoms with Crippen molar-refractivity contribution < 1.29 is 14.3 Å². The van der Waals surface area contributed by atoms with E-state index in [-0.39, 0.29) is 12.0 Å². The van der Waals surface area contributed by atoms with Gasteiger partial charge >= 0.3 is 0 Å². The Morgan fingerprint density at radius 3 is 2.54 bits per heavy atom. The molecule has 0 unspecified atom stereocenters. The lowest BCUT2D eigenvalue weighted by molar-refractivity contribution is -0.133. The van der Waals surface area contributed by atoms with Crippen molar-refractivity contribution in [2.45, 2.75) is 39.2 Å². The summed E-state index contributed by atoms with van der Waals surface area (Å²) in [4.78, 5) is 29.0. The van der Waals surface area contributed by atoms with E-state index >= 15 is 0 Å². The van der Waals surface area contributed by atoms with E-state index in [1.54, 1.807) is 0 Å². The number of halogens is 1. The van der Waals surface area contributed by atoms with Crippen LogP contribution >= 0.6 is 11.6 Å². The van der Waals surface area contributed by atoms with Gasteiger partial charge in [0.05, 0.1) is 29.4 Å². The van der Waals surface area contributed by atoms with Crippen LogP contribution in [0.25, 0.3) is 22.4 Å². The fourth-order valence-corrected chi connectivity index (χ4v) is 4.93. The van der Waals surface area contributed by atoms with E-state index in [1.165, 1.54) is 5.69 Å². The van der Waals surface area contributed by atoms with Gasteiger partial charge in [-0.05, 0) is 24.1 Å². The van der Waals surface area contributed by atoms with E-state index < -0.39 is 0 Å². The number of carbonyl (C=O) groups excluding carboxylic acids is 1. The number of hydrogen-bond donors (Lipinski definition) is 1. The van der Waals surface area contributed by atoms with Gasteiger partial charge in [0.2, 0.25) is 5.91 Å². The molecular weight excluding hydrogens is 466 g/mol. The number of anilines is 1. The Morgan fingerprint density at radius 2 is 1.86 bits per heavy atom. The van der Waals surface area contributed by atoms with Crippen LogP contribution in [0.15, 0.2) is 30.3 Å². The molecule has 9 heteroatoms. The maximum absolute atomic E-state index is 12.3. The molecule has 35 heavy (non-hydrogen) atoms. The minimum atomic E-state index is 0.0151. The molecule has 3 aromatic rings. The predicted octanol–water partition coefficient (Wildman–Crippen LogP) is 4.53. The zero-order valence-electron chi connectivity index (χ0n) is 20.3. The molecule has 5 rings (SSSR count). The van der Waals surface area contributed by atoms with Crippen molar-refractivity contribution in [1.29, 1.82) is 0 Å².